The Morgan fingerprint density at radius 2 is 1.96 bits per heavy atom. The van der Waals surface area contributed by atoms with E-state index in [9.17, 15) is 14.4 Å². The molecule has 1 fully saturated rings. The van der Waals surface area contributed by atoms with Crippen molar-refractivity contribution in [3.05, 3.63) is 64.7 Å². The summed E-state index contributed by atoms with van der Waals surface area (Å²) in [7, 11) is 1.30. The summed E-state index contributed by atoms with van der Waals surface area (Å²) < 4.78 is 4.69. The molecular formula is C18H15ClN2O4S. The fraction of sp³-hybridized carbons (Fsp3) is 0.167. The van der Waals surface area contributed by atoms with E-state index >= 15 is 0 Å². The van der Waals surface area contributed by atoms with Gasteiger partial charge in [-0.15, -0.1) is 0 Å². The van der Waals surface area contributed by atoms with E-state index in [0.29, 0.717) is 21.8 Å². The maximum atomic E-state index is 12.6. The first kappa shape index (κ1) is 18.3. The summed E-state index contributed by atoms with van der Waals surface area (Å²) in [4.78, 5) is 37.6. The van der Waals surface area contributed by atoms with Crippen LogP contribution in [0.4, 0.5) is 10.5 Å². The number of nitrogens with one attached hydrogen (secondary N) is 1. The minimum atomic E-state index is -0.701. The van der Waals surface area contributed by atoms with Gasteiger partial charge in [0.15, 0.2) is 5.37 Å². The number of carbonyl (C=O) groups is 3. The lowest BCUT2D eigenvalue weighted by Crippen LogP contribution is -2.34. The molecule has 0 radical (unpaired) electrons. The zero-order chi connectivity index (χ0) is 18.7. The maximum absolute atomic E-state index is 12.6. The van der Waals surface area contributed by atoms with E-state index in [1.54, 1.807) is 48.5 Å². The van der Waals surface area contributed by atoms with Gasteiger partial charge in [0.05, 0.1) is 19.2 Å². The molecule has 2 aromatic rings. The molecule has 134 valence electrons. The Labute approximate surface area is 159 Å². The molecule has 0 saturated carbocycles. The van der Waals surface area contributed by atoms with E-state index in [4.69, 9.17) is 11.6 Å². The minimum Gasteiger partial charge on any atom is -0.465 e. The van der Waals surface area contributed by atoms with E-state index in [-0.39, 0.29) is 17.7 Å². The molecule has 1 atom stereocenters. The van der Waals surface area contributed by atoms with Crippen molar-refractivity contribution in [1.29, 1.82) is 0 Å². The SMILES string of the molecule is COC(=O)c1cccc(CN2C(=O)SC(Nc3ccc(Cl)cc3)C2=O)c1. The quantitative estimate of drug-likeness (QED) is 0.783. The second-order valence-corrected chi connectivity index (χ2v) is 7.02. The summed E-state index contributed by atoms with van der Waals surface area (Å²) >= 11 is 6.76. The Bertz CT molecular complexity index is 857. The lowest BCUT2D eigenvalue weighted by atomic mass is 10.1. The molecule has 0 aliphatic carbocycles. The zero-order valence-corrected chi connectivity index (χ0v) is 15.3. The van der Waals surface area contributed by atoms with Crippen LogP contribution < -0.4 is 5.32 Å². The van der Waals surface area contributed by atoms with Crippen molar-refractivity contribution in [1.82, 2.24) is 4.90 Å². The molecule has 1 saturated heterocycles. The van der Waals surface area contributed by atoms with Gasteiger partial charge in [0.1, 0.15) is 0 Å². The van der Waals surface area contributed by atoms with Gasteiger partial charge in [-0.05, 0) is 53.7 Å². The lowest BCUT2D eigenvalue weighted by molar-refractivity contribution is -0.126. The average Bonchev–Trinajstić information content (AvgIpc) is 2.90. The maximum Gasteiger partial charge on any atom is 0.337 e. The van der Waals surface area contributed by atoms with Crippen molar-refractivity contribution in [2.24, 2.45) is 0 Å². The number of benzene rings is 2. The number of carbonyl (C=O) groups excluding carboxylic acids is 3. The summed E-state index contributed by atoms with van der Waals surface area (Å²) in [6.07, 6.45) is 0. The second-order valence-electron chi connectivity index (χ2n) is 5.53. The van der Waals surface area contributed by atoms with Crippen LogP contribution >= 0.6 is 23.4 Å². The van der Waals surface area contributed by atoms with Gasteiger partial charge in [0.2, 0.25) is 0 Å². The number of hydrogen-bond donors (Lipinski definition) is 1. The highest BCUT2D eigenvalue weighted by Gasteiger charge is 2.39. The fourth-order valence-electron chi connectivity index (χ4n) is 2.47. The number of ether oxygens (including phenoxy) is 1. The summed E-state index contributed by atoms with van der Waals surface area (Å²) in [5, 5.41) is 2.56. The number of methoxy groups -OCH3 is 1. The number of halogens is 1. The first-order valence-corrected chi connectivity index (χ1v) is 8.95. The lowest BCUT2D eigenvalue weighted by Gasteiger charge is -2.15. The minimum absolute atomic E-state index is 0.0916. The Hall–Kier alpha value is -2.51. The number of thioether (sulfide) groups is 1. The Balaban J connectivity index is 1.71. The third kappa shape index (κ3) is 4.00. The molecular weight excluding hydrogens is 376 g/mol. The van der Waals surface area contributed by atoms with Gasteiger partial charge in [-0.25, -0.2) is 4.79 Å². The molecule has 1 aliphatic heterocycles. The van der Waals surface area contributed by atoms with Crippen LogP contribution in [0.3, 0.4) is 0 Å². The average molecular weight is 391 g/mol. The Kier molecular flexibility index (Phi) is 5.49. The highest BCUT2D eigenvalue weighted by molar-refractivity contribution is 8.15. The summed E-state index contributed by atoms with van der Waals surface area (Å²) in [6, 6.07) is 13.5. The predicted octanol–water partition coefficient (Wildman–Crippen LogP) is 3.76. The number of esters is 1. The van der Waals surface area contributed by atoms with Gasteiger partial charge >= 0.3 is 5.97 Å². The van der Waals surface area contributed by atoms with Crippen molar-refractivity contribution in [3.8, 4) is 0 Å². The van der Waals surface area contributed by atoms with Crippen molar-refractivity contribution in [2.75, 3.05) is 12.4 Å². The highest BCUT2D eigenvalue weighted by Crippen LogP contribution is 2.30. The number of anilines is 1. The molecule has 0 aromatic heterocycles. The van der Waals surface area contributed by atoms with Crippen molar-refractivity contribution >= 4 is 46.2 Å². The summed E-state index contributed by atoms with van der Waals surface area (Å²) in [6.45, 7) is 0.0916. The Morgan fingerprint density at radius 3 is 2.65 bits per heavy atom. The van der Waals surface area contributed by atoms with Crippen LogP contribution in [0.1, 0.15) is 15.9 Å². The molecule has 0 spiro atoms. The second kappa shape index (κ2) is 7.80. The molecule has 2 amide bonds. The molecule has 8 heteroatoms. The monoisotopic (exact) mass is 390 g/mol. The van der Waals surface area contributed by atoms with Crippen LogP contribution in [0.25, 0.3) is 0 Å². The standard InChI is InChI=1S/C18H15ClN2O4S/c1-25-17(23)12-4-2-3-11(9-12)10-21-16(22)15(26-18(21)24)20-14-7-5-13(19)6-8-14/h2-9,15,20H,10H2,1H3. The normalized spacial score (nSPS) is 16.7. The van der Waals surface area contributed by atoms with Crippen LogP contribution in [0, 0.1) is 0 Å². The Morgan fingerprint density at radius 1 is 1.23 bits per heavy atom. The molecule has 6 nitrogen and oxygen atoms in total. The van der Waals surface area contributed by atoms with E-state index in [1.165, 1.54) is 7.11 Å². The van der Waals surface area contributed by atoms with Crippen molar-refractivity contribution in [2.45, 2.75) is 11.9 Å². The van der Waals surface area contributed by atoms with Crippen LogP contribution in [0.2, 0.25) is 5.02 Å². The van der Waals surface area contributed by atoms with Crippen LogP contribution in [-0.2, 0) is 16.1 Å². The molecule has 1 heterocycles. The molecule has 3 rings (SSSR count). The third-order valence-corrected chi connectivity index (χ3v) is 4.99. The van der Waals surface area contributed by atoms with Crippen molar-refractivity contribution < 1.29 is 19.1 Å². The smallest absolute Gasteiger partial charge is 0.337 e. The number of rotatable bonds is 5. The van der Waals surface area contributed by atoms with Gasteiger partial charge in [-0.3, -0.25) is 14.5 Å². The van der Waals surface area contributed by atoms with E-state index in [2.05, 4.69) is 10.1 Å². The fourth-order valence-corrected chi connectivity index (χ4v) is 3.51. The highest BCUT2D eigenvalue weighted by atomic mass is 35.5. The van der Waals surface area contributed by atoms with Crippen molar-refractivity contribution in [3.63, 3.8) is 0 Å². The van der Waals surface area contributed by atoms with Gasteiger partial charge < -0.3 is 10.1 Å². The molecule has 0 bridgehead atoms. The van der Waals surface area contributed by atoms with E-state index in [0.717, 1.165) is 16.7 Å². The first-order chi connectivity index (χ1) is 12.5. The predicted molar refractivity (Wildman–Crippen MR) is 100 cm³/mol. The summed E-state index contributed by atoms with van der Waals surface area (Å²) in [5.74, 6) is -0.805. The van der Waals surface area contributed by atoms with Crippen LogP contribution in [-0.4, -0.2) is 34.5 Å². The van der Waals surface area contributed by atoms with E-state index in [1.807, 2.05) is 0 Å². The van der Waals surface area contributed by atoms with Gasteiger partial charge in [0, 0.05) is 10.7 Å². The number of nitrogens with zero attached hydrogens (tertiary/aromatic N) is 1. The topological polar surface area (TPSA) is 75.7 Å². The third-order valence-electron chi connectivity index (χ3n) is 3.76. The molecule has 1 N–H and O–H groups in total. The van der Waals surface area contributed by atoms with Gasteiger partial charge in [-0.1, -0.05) is 23.7 Å². The van der Waals surface area contributed by atoms with Crippen LogP contribution in [0.5, 0.6) is 0 Å². The molecule has 26 heavy (non-hydrogen) atoms. The zero-order valence-electron chi connectivity index (χ0n) is 13.8. The largest absolute Gasteiger partial charge is 0.465 e. The number of hydrogen-bond acceptors (Lipinski definition) is 6. The summed E-state index contributed by atoms with van der Waals surface area (Å²) in [5.41, 5.74) is 1.73. The van der Waals surface area contributed by atoms with Gasteiger partial charge in [0.25, 0.3) is 11.1 Å². The molecule has 1 unspecified atom stereocenters. The van der Waals surface area contributed by atoms with E-state index < -0.39 is 11.3 Å². The van der Waals surface area contributed by atoms with Crippen LogP contribution in [0.15, 0.2) is 48.5 Å². The van der Waals surface area contributed by atoms with Gasteiger partial charge in [-0.2, -0.15) is 0 Å². The number of amides is 2. The molecule has 2 aromatic carbocycles. The number of imide groups is 1. The first-order valence-electron chi connectivity index (χ1n) is 7.69. The molecule has 1 aliphatic rings.